The van der Waals surface area contributed by atoms with Crippen molar-refractivity contribution in [3.05, 3.63) is 64.7 Å². The van der Waals surface area contributed by atoms with E-state index in [2.05, 4.69) is 9.72 Å². The van der Waals surface area contributed by atoms with Crippen molar-refractivity contribution in [2.45, 2.75) is 6.18 Å². The molecule has 0 fully saturated rings. The van der Waals surface area contributed by atoms with Gasteiger partial charge in [-0.1, -0.05) is 29.8 Å². The first-order valence-corrected chi connectivity index (χ1v) is 7.53. The molecule has 3 aromatic rings. The quantitative estimate of drug-likeness (QED) is 0.574. The Morgan fingerprint density at radius 3 is 2.36 bits per heavy atom. The van der Waals surface area contributed by atoms with Gasteiger partial charge in [0.05, 0.1) is 34.5 Å². The first-order chi connectivity index (χ1) is 11.8. The molecule has 0 aliphatic heterocycles. The van der Waals surface area contributed by atoms with Gasteiger partial charge in [-0.15, -0.1) is 0 Å². The van der Waals surface area contributed by atoms with Crippen LogP contribution >= 0.6 is 11.6 Å². The molecule has 3 nitrogen and oxygen atoms in total. The number of hydrogen-bond acceptors (Lipinski definition) is 3. The lowest BCUT2D eigenvalue weighted by atomic mass is 10.1. The maximum Gasteiger partial charge on any atom is 0.416 e. The van der Waals surface area contributed by atoms with Crippen LogP contribution in [-0.2, 0) is 10.9 Å². The Morgan fingerprint density at radius 2 is 1.76 bits per heavy atom. The standard InChI is InChI=1S/C18H11ClF3NO2/c1-25-17(24)11-4-7-13-14(19)9-15(23-16(13)8-11)10-2-5-12(6-3-10)18(20,21)22/h2-9H,1H3. The zero-order valence-electron chi connectivity index (χ0n) is 12.9. The number of carbonyl (C=O) groups is 1. The lowest BCUT2D eigenvalue weighted by Crippen LogP contribution is -2.04. The topological polar surface area (TPSA) is 39.2 Å². The Balaban J connectivity index is 2.09. The molecule has 0 unspecified atom stereocenters. The van der Waals surface area contributed by atoms with Gasteiger partial charge in [-0.3, -0.25) is 0 Å². The number of hydrogen-bond donors (Lipinski definition) is 0. The highest BCUT2D eigenvalue weighted by Crippen LogP contribution is 2.32. The number of carbonyl (C=O) groups excluding carboxylic acids is 1. The van der Waals surface area contributed by atoms with Gasteiger partial charge in [0.2, 0.25) is 0 Å². The Labute approximate surface area is 146 Å². The molecule has 0 amide bonds. The van der Waals surface area contributed by atoms with Crippen molar-refractivity contribution < 1.29 is 22.7 Å². The average molecular weight is 366 g/mol. The lowest BCUT2D eigenvalue weighted by Gasteiger charge is -2.09. The lowest BCUT2D eigenvalue weighted by molar-refractivity contribution is -0.137. The minimum absolute atomic E-state index is 0.308. The number of nitrogens with zero attached hydrogens (tertiary/aromatic N) is 1. The molecule has 0 atom stereocenters. The van der Waals surface area contributed by atoms with Gasteiger partial charge in [0.15, 0.2) is 0 Å². The van der Waals surface area contributed by atoms with Crippen LogP contribution in [0, 0.1) is 0 Å². The first-order valence-electron chi connectivity index (χ1n) is 7.16. The maximum atomic E-state index is 12.7. The minimum Gasteiger partial charge on any atom is -0.465 e. The van der Waals surface area contributed by atoms with E-state index < -0.39 is 17.7 Å². The van der Waals surface area contributed by atoms with E-state index in [0.29, 0.717) is 32.7 Å². The van der Waals surface area contributed by atoms with E-state index in [1.807, 2.05) is 0 Å². The molecule has 0 aliphatic rings. The second kappa shape index (κ2) is 6.37. The molecule has 0 radical (unpaired) electrons. The highest BCUT2D eigenvalue weighted by Gasteiger charge is 2.30. The summed E-state index contributed by atoms with van der Waals surface area (Å²) in [4.78, 5) is 16.0. The van der Waals surface area contributed by atoms with Crippen LogP contribution < -0.4 is 0 Å². The highest BCUT2D eigenvalue weighted by atomic mass is 35.5. The van der Waals surface area contributed by atoms with Gasteiger partial charge in [0.1, 0.15) is 0 Å². The second-order valence-corrected chi connectivity index (χ2v) is 5.70. The summed E-state index contributed by atoms with van der Waals surface area (Å²) < 4.78 is 42.7. The molecule has 3 rings (SSSR count). The molecule has 0 bridgehead atoms. The van der Waals surface area contributed by atoms with Crippen LogP contribution in [0.1, 0.15) is 15.9 Å². The summed E-state index contributed by atoms with van der Waals surface area (Å²) in [5, 5.41) is 1.02. The van der Waals surface area contributed by atoms with Crippen LogP contribution in [0.25, 0.3) is 22.2 Å². The number of alkyl halides is 3. The van der Waals surface area contributed by atoms with Crippen molar-refractivity contribution in [1.82, 2.24) is 4.98 Å². The molecular weight excluding hydrogens is 355 g/mol. The number of pyridine rings is 1. The van der Waals surface area contributed by atoms with E-state index in [1.165, 1.54) is 25.3 Å². The fourth-order valence-electron chi connectivity index (χ4n) is 2.41. The van der Waals surface area contributed by atoms with E-state index in [4.69, 9.17) is 11.6 Å². The van der Waals surface area contributed by atoms with Crippen molar-refractivity contribution in [1.29, 1.82) is 0 Å². The number of esters is 1. The van der Waals surface area contributed by atoms with Crippen LogP contribution in [0.15, 0.2) is 48.5 Å². The predicted octanol–water partition coefficient (Wildman–Crippen LogP) is 5.36. The van der Waals surface area contributed by atoms with Gasteiger partial charge in [-0.2, -0.15) is 13.2 Å². The third kappa shape index (κ3) is 3.44. The van der Waals surface area contributed by atoms with Crippen LogP contribution in [0.3, 0.4) is 0 Å². The summed E-state index contributed by atoms with van der Waals surface area (Å²) in [5.74, 6) is -0.514. The SMILES string of the molecule is COC(=O)c1ccc2c(Cl)cc(-c3ccc(C(F)(F)F)cc3)nc2c1. The molecule has 0 aliphatic carbocycles. The number of ether oxygens (including phenoxy) is 1. The van der Waals surface area contributed by atoms with E-state index >= 15 is 0 Å². The van der Waals surface area contributed by atoms with Gasteiger partial charge in [-0.05, 0) is 30.3 Å². The summed E-state index contributed by atoms with van der Waals surface area (Å²) in [6, 6.07) is 11.0. The average Bonchev–Trinajstić information content (AvgIpc) is 2.59. The Morgan fingerprint density at radius 1 is 1.08 bits per heavy atom. The van der Waals surface area contributed by atoms with Crippen LogP contribution in [-0.4, -0.2) is 18.1 Å². The number of benzene rings is 2. The van der Waals surface area contributed by atoms with Crippen molar-refractivity contribution in [2.24, 2.45) is 0 Å². The molecule has 128 valence electrons. The van der Waals surface area contributed by atoms with E-state index in [-0.39, 0.29) is 0 Å². The van der Waals surface area contributed by atoms with Crippen LogP contribution in [0.2, 0.25) is 5.02 Å². The first kappa shape index (κ1) is 17.2. The van der Waals surface area contributed by atoms with Gasteiger partial charge >= 0.3 is 12.1 Å². The number of methoxy groups -OCH3 is 1. The van der Waals surface area contributed by atoms with E-state index in [9.17, 15) is 18.0 Å². The Hall–Kier alpha value is -2.60. The maximum absolute atomic E-state index is 12.7. The summed E-state index contributed by atoms with van der Waals surface area (Å²) in [6.45, 7) is 0. The molecule has 0 saturated heterocycles. The molecule has 1 heterocycles. The van der Waals surface area contributed by atoms with E-state index in [1.54, 1.807) is 18.2 Å². The monoisotopic (exact) mass is 365 g/mol. The largest absolute Gasteiger partial charge is 0.465 e. The zero-order chi connectivity index (χ0) is 18.2. The Bertz CT molecular complexity index is 953. The van der Waals surface area contributed by atoms with Crippen molar-refractivity contribution >= 4 is 28.5 Å². The Kier molecular flexibility index (Phi) is 4.39. The third-order valence-electron chi connectivity index (χ3n) is 3.69. The van der Waals surface area contributed by atoms with Gasteiger partial charge in [-0.25, -0.2) is 9.78 Å². The van der Waals surface area contributed by atoms with Crippen molar-refractivity contribution in [2.75, 3.05) is 7.11 Å². The second-order valence-electron chi connectivity index (χ2n) is 5.29. The molecule has 7 heteroatoms. The third-order valence-corrected chi connectivity index (χ3v) is 4.00. The molecule has 2 aromatic carbocycles. The molecule has 25 heavy (non-hydrogen) atoms. The summed E-state index contributed by atoms with van der Waals surface area (Å²) in [7, 11) is 1.27. The molecular formula is C18H11ClF3NO2. The molecule has 0 saturated carbocycles. The number of rotatable bonds is 2. The number of aromatic nitrogens is 1. The van der Waals surface area contributed by atoms with Crippen LogP contribution in [0.5, 0.6) is 0 Å². The summed E-state index contributed by atoms with van der Waals surface area (Å²) in [5.41, 5.74) is 0.915. The smallest absolute Gasteiger partial charge is 0.416 e. The number of halogens is 4. The summed E-state index contributed by atoms with van der Waals surface area (Å²) in [6.07, 6.45) is -4.40. The molecule has 1 aromatic heterocycles. The van der Waals surface area contributed by atoms with Gasteiger partial charge in [0, 0.05) is 10.9 Å². The summed E-state index contributed by atoms with van der Waals surface area (Å²) >= 11 is 6.25. The molecule has 0 spiro atoms. The highest BCUT2D eigenvalue weighted by molar-refractivity contribution is 6.35. The number of fused-ring (bicyclic) bond motifs is 1. The van der Waals surface area contributed by atoms with E-state index in [0.717, 1.165) is 12.1 Å². The fourth-order valence-corrected chi connectivity index (χ4v) is 2.67. The van der Waals surface area contributed by atoms with Crippen molar-refractivity contribution in [3.8, 4) is 11.3 Å². The van der Waals surface area contributed by atoms with Gasteiger partial charge < -0.3 is 4.74 Å². The fraction of sp³-hybridized carbons (Fsp3) is 0.111. The normalized spacial score (nSPS) is 11.6. The predicted molar refractivity (Wildman–Crippen MR) is 88.5 cm³/mol. The van der Waals surface area contributed by atoms with Crippen molar-refractivity contribution in [3.63, 3.8) is 0 Å². The van der Waals surface area contributed by atoms with Crippen LogP contribution in [0.4, 0.5) is 13.2 Å². The zero-order valence-corrected chi connectivity index (χ0v) is 13.7. The molecule has 0 N–H and O–H groups in total. The minimum atomic E-state index is -4.40. The van der Waals surface area contributed by atoms with Gasteiger partial charge in [0.25, 0.3) is 0 Å².